The van der Waals surface area contributed by atoms with E-state index in [1.54, 1.807) is 6.20 Å². The summed E-state index contributed by atoms with van der Waals surface area (Å²) in [5, 5.41) is 0. The van der Waals surface area contributed by atoms with Gasteiger partial charge in [-0.2, -0.15) is 0 Å². The van der Waals surface area contributed by atoms with Gasteiger partial charge in [0.2, 0.25) is 0 Å². The Morgan fingerprint density at radius 2 is 0.714 bits per heavy atom. The number of benzene rings is 6. The smallest absolute Gasteiger partial charge is 0.165 e. The first-order valence-corrected chi connectivity index (χ1v) is 21.0. The molecule has 0 atom stereocenters. The van der Waals surface area contributed by atoms with Crippen LogP contribution in [0, 0.1) is 12.1 Å². The Hall–Kier alpha value is -6.72. The van der Waals surface area contributed by atoms with Crippen LogP contribution >= 0.6 is 0 Å². The average molecular weight is 996 g/mol. The standard InChI is InChI=1S/C46H41N4.C11H8N.Ir/c1-45(2,3)39-25-20-33(21-26-39)31-12-16-36(17-13-31)42-48-43(37-18-14-32(15-19-37)34-22-27-40(28-23-34)46(4,5)6)50-44(49-42)38-24-29-41(47-30-38)35-10-8-7-9-11-35;1-2-6-10(7-3-1)11-8-4-5-9-12-11;/h7-10,12-30H,1-6H3;1-6,8-9H;/q2*-1;. The normalized spacial score (nSPS) is 11.2. The van der Waals surface area contributed by atoms with Gasteiger partial charge in [-0.05, 0) is 61.7 Å². The fourth-order valence-corrected chi connectivity index (χ4v) is 7.02. The van der Waals surface area contributed by atoms with Crippen LogP contribution in [0.2, 0.25) is 0 Å². The Morgan fingerprint density at radius 1 is 0.349 bits per heavy atom. The van der Waals surface area contributed by atoms with E-state index >= 15 is 0 Å². The van der Waals surface area contributed by atoms with Crippen molar-refractivity contribution in [3.8, 4) is 78.9 Å². The predicted octanol–water partition coefficient (Wildman–Crippen LogP) is 14.2. The van der Waals surface area contributed by atoms with Crippen LogP contribution in [0.25, 0.3) is 78.9 Å². The minimum Gasteiger partial charge on any atom is -0.305 e. The summed E-state index contributed by atoms with van der Waals surface area (Å²) in [6, 6.07) is 66.5. The second-order valence-electron chi connectivity index (χ2n) is 17.3. The number of aromatic nitrogens is 5. The molecule has 3 heterocycles. The van der Waals surface area contributed by atoms with Crippen molar-refractivity contribution in [2.24, 2.45) is 0 Å². The summed E-state index contributed by atoms with van der Waals surface area (Å²) in [6.07, 6.45) is 3.62. The van der Waals surface area contributed by atoms with Crippen molar-refractivity contribution in [3.63, 3.8) is 0 Å². The maximum atomic E-state index is 5.00. The van der Waals surface area contributed by atoms with Crippen LogP contribution in [0.3, 0.4) is 0 Å². The first-order valence-electron chi connectivity index (χ1n) is 21.0. The van der Waals surface area contributed by atoms with Crippen LogP contribution in [-0.2, 0) is 30.9 Å². The minimum absolute atomic E-state index is 0. The van der Waals surface area contributed by atoms with Crippen molar-refractivity contribution in [3.05, 3.63) is 212 Å². The van der Waals surface area contributed by atoms with Crippen LogP contribution in [-0.4, -0.2) is 24.9 Å². The molecule has 0 aliphatic heterocycles. The molecule has 5 nitrogen and oxygen atoms in total. The van der Waals surface area contributed by atoms with Gasteiger partial charge in [0.25, 0.3) is 0 Å². The predicted molar refractivity (Wildman–Crippen MR) is 255 cm³/mol. The molecule has 0 amide bonds. The molecule has 9 aromatic rings. The van der Waals surface area contributed by atoms with Crippen molar-refractivity contribution >= 4 is 0 Å². The molecule has 0 N–H and O–H groups in total. The molecule has 0 aliphatic carbocycles. The molecule has 0 aliphatic rings. The third-order valence-electron chi connectivity index (χ3n) is 10.7. The Labute approximate surface area is 385 Å². The van der Waals surface area contributed by atoms with Gasteiger partial charge < -0.3 is 9.97 Å². The average Bonchev–Trinajstić information content (AvgIpc) is 3.32. The van der Waals surface area contributed by atoms with Crippen molar-refractivity contribution in [1.82, 2.24) is 24.9 Å². The third-order valence-corrected chi connectivity index (χ3v) is 10.7. The minimum atomic E-state index is 0. The zero-order chi connectivity index (χ0) is 43.1. The van der Waals surface area contributed by atoms with E-state index in [0.29, 0.717) is 17.5 Å². The summed E-state index contributed by atoms with van der Waals surface area (Å²) in [5.41, 5.74) is 14.0. The number of pyridine rings is 2. The molecular weight excluding hydrogens is 947 g/mol. The van der Waals surface area contributed by atoms with Gasteiger partial charge in [-0.25, -0.2) is 15.0 Å². The summed E-state index contributed by atoms with van der Waals surface area (Å²) in [4.78, 5) is 23.9. The van der Waals surface area contributed by atoms with Crippen molar-refractivity contribution < 1.29 is 20.1 Å². The van der Waals surface area contributed by atoms with Gasteiger partial charge in [0, 0.05) is 49.2 Å². The fraction of sp³-hybridized carbons (Fsp3) is 0.140. The number of hydrogen-bond donors (Lipinski definition) is 0. The van der Waals surface area contributed by atoms with Crippen molar-refractivity contribution in [1.29, 1.82) is 0 Å². The van der Waals surface area contributed by atoms with E-state index in [1.165, 1.54) is 22.3 Å². The van der Waals surface area contributed by atoms with Crippen molar-refractivity contribution in [2.75, 3.05) is 0 Å². The number of rotatable bonds is 7. The maximum absolute atomic E-state index is 5.00. The molecule has 6 aromatic carbocycles. The topological polar surface area (TPSA) is 64.5 Å². The van der Waals surface area contributed by atoms with Gasteiger partial charge >= 0.3 is 0 Å². The molecule has 0 bridgehead atoms. The summed E-state index contributed by atoms with van der Waals surface area (Å²) >= 11 is 0. The number of nitrogens with zero attached hydrogens (tertiary/aromatic N) is 5. The molecule has 1 radical (unpaired) electrons. The van der Waals surface area contributed by atoms with E-state index in [-0.39, 0.29) is 30.9 Å². The van der Waals surface area contributed by atoms with Gasteiger partial charge in [-0.3, -0.25) is 0 Å². The largest absolute Gasteiger partial charge is 0.305 e. The molecule has 3 aromatic heterocycles. The van der Waals surface area contributed by atoms with Crippen LogP contribution in [0.4, 0.5) is 0 Å². The second-order valence-corrected chi connectivity index (χ2v) is 17.3. The Balaban J connectivity index is 0.000000394. The van der Waals surface area contributed by atoms with Crippen LogP contribution in [0.5, 0.6) is 0 Å². The quantitative estimate of drug-likeness (QED) is 0.149. The molecule has 63 heavy (non-hydrogen) atoms. The van der Waals surface area contributed by atoms with Gasteiger partial charge in [0.15, 0.2) is 17.5 Å². The van der Waals surface area contributed by atoms with Gasteiger partial charge in [0.05, 0.1) is 0 Å². The summed E-state index contributed by atoms with van der Waals surface area (Å²) in [7, 11) is 0. The molecular formula is C57H49IrN5-2. The fourth-order valence-electron chi connectivity index (χ4n) is 7.02. The SMILES string of the molecule is CC(C)(C)c1ccc(-c2ccc(-c3nc(-c4ccc(-c5ccc(C(C)(C)C)cc5)cc4)nc(-c4ccc(-c5[c-]cccc5)nc4)n3)cc2)cc1.[Ir].[c-]1ccccc1-c1ccccn1. The van der Waals surface area contributed by atoms with E-state index in [9.17, 15) is 0 Å². The summed E-state index contributed by atoms with van der Waals surface area (Å²) < 4.78 is 0. The molecule has 0 fully saturated rings. The second kappa shape index (κ2) is 19.5. The zero-order valence-electron chi connectivity index (χ0n) is 36.5. The molecule has 9 rings (SSSR count). The zero-order valence-corrected chi connectivity index (χ0v) is 38.9. The first kappa shape index (κ1) is 44.3. The van der Waals surface area contributed by atoms with E-state index in [1.807, 2.05) is 85.1 Å². The van der Waals surface area contributed by atoms with E-state index < -0.39 is 0 Å². The Kier molecular flexibility index (Phi) is 13.8. The summed E-state index contributed by atoms with van der Waals surface area (Å²) in [6.45, 7) is 13.4. The first-order chi connectivity index (χ1) is 30.0. The van der Waals surface area contributed by atoms with Crippen LogP contribution in [0.15, 0.2) is 188 Å². The van der Waals surface area contributed by atoms with E-state index in [4.69, 9.17) is 19.9 Å². The molecule has 0 spiro atoms. The molecule has 0 saturated heterocycles. The van der Waals surface area contributed by atoms with Gasteiger partial charge in [0.1, 0.15) is 0 Å². The van der Waals surface area contributed by atoms with Crippen molar-refractivity contribution in [2.45, 2.75) is 52.4 Å². The Bertz CT molecular complexity index is 2680. The summed E-state index contributed by atoms with van der Waals surface area (Å²) in [5.74, 6) is 1.80. The monoisotopic (exact) mass is 996 g/mol. The molecule has 0 unspecified atom stereocenters. The van der Waals surface area contributed by atoms with Gasteiger partial charge in [-0.15, -0.1) is 71.8 Å². The van der Waals surface area contributed by atoms with Crippen LogP contribution in [0.1, 0.15) is 52.7 Å². The van der Waals surface area contributed by atoms with Crippen LogP contribution < -0.4 is 0 Å². The van der Waals surface area contributed by atoms with E-state index in [0.717, 1.165) is 50.3 Å². The third kappa shape index (κ3) is 11.0. The van der Waals surface area contributed by atoms with Gasteiger partial charge in [-0.1, -0.05) is 163 Å². The number of hydrogen-bond acceptors (Lipinski definition) is 5. The molecule has 0 saturated carbocycles. The van der Waals surface area contributed by atoms with E-state index in [2.05, 4.69) is 156 Å². The molecule has 313 valence electrons. The maximum Gasteiger partial charge on any atom is 0.165 e. The molecule has 6 heteroatoms. The Morgan fingerprint density at radius 3 is 1.06 bits per heavy atom.